The van der Waals surface area contributed by atoms with Gasteiger partial charge >= 0.3 is 0 Å². The van der Waals surface area contributed by atoms with E-state index in [1.54, 1.807) is 14.0 Å². The van der Waals surface area contributed by atoms with Crippen molar-refractivity contribution in [1.29, 1.82) is 0 Å². The molecule has 0 N–H and O–H groups in total. The van der Waals surface area contributed by atoms with Crippen molar-refractivity contribution < 1.29 is 9.53 Å². The number of para-hydroxylation sites is 1. The van der Waals surface area contributed by atoms with Gasteiger partial charge in [-0.25, -0.2) is 0 Å². The Morgan fingerprint density at radius 1 is 1.05 bits per heavy atom. The van der Waals surface area contributed by atoms with Gasteiger partial charge in [-0.2, -0.15) is 0 Å². The van der Waals surface area contributed by atoms with Crippen molar-refractivity contribution in [2.45, 2.75) is 6.92 Å². The molecular formula is C18H17NO2. The summed E-state index contributed by atoms with van der Waals surface area (Å²) in [4.78, 5) is 12.1. The molecule has 0 aliphatic carbocycles. The molecule has 0 radical (unpaired) electrons. The van der Waals surface area contributed by atoms with Gasteiger partial charge in [-0.1, -0.05) is 30.3 Å². The van der Waals surface area contributed by atoms with E-state index in [9.17, 15) is 4.79 Å². The predicted molar refractivity (Wildman–Crippen MR) is 84.9 cm³/mol. The van der Waals surface area contributed by atoms with E-state index in [4.69, 9.17) is 4.74 Å². The number of ketones is 1. The fraction of sp³-hybridized carbons (Fsp3) is 0.167. The van der Waals surface area contributed by atoms with Gasteiger partial charge in [-0.15, -0.1) is 0 Å². The lowest BCUT2D eigenvalue weighted by Gasteiger charge is -2.06. The summed E-state index contributed by atoms with van der Waals surface area (Å²) >= 11 is 0. The Morgan fingerprint density at radius 2 is 1.71 bits per heavy atom. The molecule has 1 aromatic heterocycles. The first-order chi connectivity index (χ1) is 10.1. The summed E-state index contributed by atoms with van der Waals surface area (Å²) in [7, 11) is 3.58. The van der Waals surface area contributed by atoms with Crippen LogP contribution in [0.1, 0.15) is 17.4 Å². The van der Waals surface area contributed by atoms with Gasteiger partial charge in [-0.05, 0) is 23.8 Å². The third-order valence-corrected chi connectivity index (χ3v) is 3.82. The molecule has 0 aliphatic rings. The maximum Gasteiger partial charge on any atom is 0.176 e. The monoisotopic (exact) mass is 279 g/mol. The molecule has 0 unspecified atom stereocenters. The van der Waals surface area contributed by atoms with Crippen LogP contribution in [0.5, 0.6) is 5.75 Å². The molecule has 21 heavy (non-hydrogen) atoms. The van der Waals surface area contributed by atoms with E-state index < -0.39 is 0 Å². The number of fused-ring (bicyclic) bond motifs is 1. The van der Waals surface area contributed by atoms with Gasteiger partial charge in [-0.3, -0.25) is 4.79 Å². The number of nitrogens with zero attached hydrogens (tertiary/aromatic N) is 1. The average molecular weight is 279 g/mol. The minimum absolute atomic E-state index is 0.0690. The van der Waals surface area contributed by atoms with Crippen LogP contribution in [0.3, 0.4) is 0 Å². The van der Waals surface area contributed by atoms with Crippen molar-refractivity contribution in [3.8, 4) is 16.9 Å². The van der Waals surface area contributed by atoms with E-state index in [1.165, 1.54) is 0 Å². The highest BCUT2D eigenvalue weighted by Gasteiger charge is 2.19. The number of Topliss-reactive ketones (excluding diaryl/α,β-unsaturated/α-hetero) is 1. The largest absolute Gasteiger partial charge is 0.497 e. The number of carbonyl (C=O) groups is 1. The van der Waals surface area contributed by atoms with Gasteiger partial charge in [0.05, 0.1) is 12.8 Å². The summed E-state index contributed by atoms with van der Waals surface area (Å²) in [5, 5.41) is 1.09. The molecule has 3 rings (SSSR count). The highest BCUT2D eigenvalue weighted by Crippen LogP contribution is 2.35. The predicted octanol–water partition coefficient (Wildman–Crippen LogP) is 4.06. The Hall–Kier alpha value is -2.55. The lowest BCUT2D eigenvalue weighted by atomic mass is 10.0. The minimum Gasteiger partial charge on any atom is -0.497 e. The lowest BCUT2D eigenvalue weighted by Crippen LogP contribution is -2.03. The molecule has 1 heterocycles. The van der Waals surface area contributed by atoms with Crippen LogP contribution in [0.25, 0.3) is 22.0 Å². The lowest BCUT2D eigenvalue weighted by molar-refractivity contribution is 0.101. The fourth-order valence-electron chi connectivity index (χ4n) is 2.86. The first-order valence-electron chi connectivity index (χ1n) is 6.86. The number of carbonyl (C=O) groups excluding carboxylic acids is 1. The number of methoxy groups -OCH3 is 1. The van der Waals surface area contributed by atoms with Crippen LogP contribution in [-0.4, -0.2) is 17.5 Å². The second kappa shape index (κ2) is 5.09. The number of rotatable bonds is 3. The Morgan fingerprint density at radius 3 is 2.33 bits per heavy atom. The average Bonchev–Trinajstić information content (AvgIpc) is 2.81. The van der Waals surface area contributed by atoms with Gasteiger partial charge in [0.25, 0.3) is 0 Å². The van der Waals surface area contributed by atoms with E-state index >= 15 is 0 Å². The standard InChI is InChI=1S/C18H17NO2/c1-12(20)18-17(13-8-10-14(21-3)11-9-13)15-6-4-5-7-16(15)19(18)2/h4-11H,1-3H3. The van der Waals surface area contributed by atoms with E-state index in [-0.39, 0.29) is 5.78 Å². The van der Waals surface area contributed by atoms with E-state index in [1.807, 2.05) is 54.1 Å². The third kappa shape index (κ3) is 2.11. The molecule has 0 aliphatic heterocycles. The van der Waals surface area contributed by atoms with Crippen LogP contribution in [0.2, 0.25) is 0 Å². The summed E-state index contributed by atoms with van der Waals surface area (Å²) in [6.45, 7) is 1.61. The molecule has 0 spiro atoms. The van der Waals surface area contributed by atoms with Gasteiger partial charge in [0.15, 0.2) is 5.78 Å². The van der Waals surface area contributed by atoms with Gasteiger partial charge in [0.2, 0.25) is 0 Å². The number of aromatic nitrogens is 1. The second-order valence-electron chi connectivity index (χ2n) is 5.08. The maximum atomic E-state index is 12.1. The van der Waals surface area contributed by atoms with Gasteiger partial charge < -0.3 is 9.30 Å². The van der Waals surface area contributed by atoms with Crippen LogP contribution in [0.15, 0.2) is 48.5 Å². The summed E-state index contributed by atoms with van der Waals surface area (Å²) in [5.41, 5.74) is 3.82. The zero-order valence-electron chi connectivity index (χ0n) is 12.4. The van der Waals surface area contributed by atoms with Crippen LogP contribution in [0, 0.1) is 0 Å². The molecule has 106 valence electrons. The topological polar surface area (TPSA) is 31.2 Å². The summed E-state index contributed by atoms with van der Waals surface area (Å²) in [5.74, 6) is 0.878. The van der Waals surface area contributed by atoms with Crippen LogP contribution in [0.4, 0.5) is 0 Å². The second-order valence-corrected chi connectivity index (χ2v) is 5.08. The molecule has 0 saturated carbocycles. The highest BCUT2D eigenvalue weighted by molar-refractivity contribution is 6.10. The number of hydrogen-bond donors (Lipinski definition) is 0. The number of aryl methyl sites for hydroxylation is 1. The smallest absolute Gasteiger partial charge is 0.176 e. The van der Waals surface area contributed by atoms with Crippen LogP contribution < -0.4 is 4.74 Å². The first-order valence-corrected chi connectivity index (χ1v) is 6.86. The molecule has 2 aromatic carbocycles. The van der Waals surface area contributed by atoms with Crippen molar-refractivity contribution in [2.24, 2.45) is 7.05 Å². The zero-order valence-corrected chi connectivity index (χ0v) is 12.4. The molecular weight excluding hydrogens is 262 g/mol. The van der Waals surface area contributed by atoms with Crippen molar-refractivity contribution in [1.82, 2.24) is 4.57 Å². The molecule has 3 heteroatoms. The first kappa shape index (κ1) is 13.4. The Bertz CT molecular complexity index is 813. The molecule has 0 amide bonds. The summed E-state index contributed by atoms with van der Waals surface area (Å²) in [6, 6.07) is 15.9. The van der Waals surface area contributed by atoms with Gasteiger partial charge in [0, 0.05) is 30.4 Å². The highest BCUT2D eigenvalue weighted by atomic mass is 16.5. The van der Waals surface area contributed by atoms with E-state index in [0.717, 1.165) is 33.5 Å². The Kier molecular flexibility index (Phi) is 3.26. The zero-order chi connectivity index (χ0) is 15.0. The third-order valence-electron chi connectivity index (χ3n) is 3.82. The quantitative estimate of drug-likeness (QED) is 0.677. The summed E-state index contributed by atoms with van der Waals surface area (Å²) < 4.78 is 7.17. The maximum absolute atomic E-state index is 12.1. The van der Waals surface area contributed by atoms with E-state index in [0.29, 0.717) is 0 Å². The molecule has 0 fully saturated rings. The van der Waals surface area contributed by atoms with Crippen molar-refractivity contribution in [3.05, 3.63) is 54.2 Å². The van der Waals surface area contributed by atoms with E-state index in [2.05, 4.69) is 6.07 Å². The van der Waals surface area contributed by atoms with Crippen molar-refractivity contribution in [3.63, 3.8) is 0 Å². The molecule has 0 atom stereocenters. The molecule has 0 bridgehead atoms. The number of hydrogen-bond acceptors (Lipinski definition) is 2. The normalized spacial score (nSPS) is 10.8. The van der Waals surface area contributed by atoms with Crippen LogP contribution in [-0.2, 0) is 7.05 Å². The molecule has 0 saturated heterocycles. The summed E-state index contributed by atoms with van der Waals surface area (Å²) in [6.07, 6.45) is 0. The SMILES string of the molecule is COc1ccc(-c2c(C(C)=O)n(C)c3ccccc23)cc1. The Labute approximate surface area is 123 Å². The number of benzene rings is 2. The molecule has 3 aromatic rings. The van der Waals surface area contributed by atoms with Gasteiger partial charge in [0.1, 0.15) is 5.75 Å². The van der Waals surface area contributed by atoms with Crippen molar-refractivity contribution >= 4 is 16.7 Å². The fourth-order valence-corrected chi connectivity index (χ4v) is 2.86. The number of ether oxygens (including phenoxy) is 1. The minimum atomic E-state index is 0.0690. The Balaban J connectivity index is 2.34. The van der Waals surface area contributed by atoms with Crippen molar-refractivity contribution in [2.75, 3.05) is 7.11 Å². The molecule has 3 nitrogen and oxygen atoms in total. The van der Waals surface area contributed by atoms with Crippen LogP contribution >= 0.6 is 0 Å².